The lowest BCUT2D eigenvalue weighted by atomic mass is 9.93. The Morgan fingerprint density at radius 3 is 2.43 bits per heavy atom. The predicted octanol–water partition coefficient (Wildman–Crippen LogP) is 3.50. The van der Waals surface area contributed by atoms with Gasteiger partial charge in [0.15, 0.2) is 8.32 Å². The highest BCUT2D eigenvalue weighted by Crippen LogP contribution is 2.65. The first-order valence-corrected chi connectivity index (χ1v) is 13.4. The number of fused-ring (bicyclic) bond motifs is 2. The molecule has 158 valence electrons. The summed E-state index contributed by atoms with van der Waals surface area (Å²) in [6.07, 6.45) is 0.389. The molecule has 0 spiro atoms. The van der Waals surface area contributed by atoms with Crippen molar-refractivity contribution in [2.24, 2.45) is 29.1 Å². The Morgan fingerprint density at radius 1 is 1.18 bits per heavy atom. The molecule has 2 aliphatic heterocycles. The molecule has 2 aliphatic carbocycles. The fourth-order valence-corrected chi connectivity index (χ4v) is 6.09. The third-order valence-corrected chi connectivity index (χ3v) is 12.6. The summed E-state index contributed by atoms with van der Waals surface area (Å²) < 4.78 is 23.9. The monoisotopic (exact) mass is 410 g/mol. The maximum Gasteiger partial charge on any atom is 0.312 e. The van der Waals surface area contributed by atoms with E-state index in [1.807, 2.05) is 0 Å². The Hall–Kier alpha value is -0.923. The minimum Gasteiger partial charge on any atom is -0.462 e. The number of ether oxygens (including phenoxy) is 3. The summed E-state index contributed by atoms with van der Waals surface area (Å²) in [5, 5.41) is 0.121. The van der Waals surface area contributed by atoms with Gasteiger partial charge in [-0.3, -0.25) is 9.59 Å². The van der Waals surface area contributed by atoms with E-state index in [1.165, 1.54) is 0 Å². The van der Waals surface area contributed by atoms with Crippen molar-refractivity contribution in [1.29, 1.82) is 0 Å². The van der Waals surface area contributed by atoms with Crippen molar-refractivity contribution in [3.63, 3.8) is 0 Å². The van der Waals surface area contributed by atoms with Gasteiger partial charge in [0.2, 0.25) is 6.29 Å². The largest absolute Gasteiger partial charge is 0.462 e. The fraction of sp³-hybridized carbons (Fsp3) is 0.905. The summed E-state index contributed by atoms with van der Waals surface area (Å²) in [4.78, 5) is 23.9. The van der Waals surface area contributed by atoms with Crippen LogP contribution in [0, 0.1) is 29.1 Å². The molecule has 0 aromatic heterocycles. The van der Waals surface area contributed by atoms with E-state index < -0.39 is 14.6 Å². The van der Waals surface area contributed by atoms with E-state index in [-0.39, 0.29) is 58.3 Å². The summed E-state index contributed by atoms with van der Waals surface area (Å²) in [5.74, 6) is 0.0378. The van der Waals surface area contributed by atoms with E-state index in [1.54, 1.807) is 0 Å². The molecule has 0 aromatic rings. The molecule has 0 bridgehead atoms. The lowest BCUT2D eigenvalue weighted by Gasteiger charge is -2.38. The smallest absolute Gasteiger partial charge is 0.312 e. The van der Waals surface area contributed by atoms with Crippen LogP contribution >= 0.6 is 0 Å². The highest BCUT2D eigenvalue weighted by Gasteiger charge is 2.72. The summed E-state index contributed by atoms with van der Waals surface area (Å²) in [7, 11) is -1.91. The molecule has 2 saturated carbocycles. The Kier molecular flexibility index (Phi) is 4.57. The van der Waals surface area contributed by atoms with Crippen LogP contribution in [-0.2, 0) is 28.2 Å². The molecular weight excluding hydrogens is 376 g/mol. The topological polar surface area (TPSA) is 71.1 Å². The average molecular weight is 411 g/mol. The number of carbonyl (C=O) groups is 2. The van der Waals surface area contributed by atoms with Crippen molar-refractivity contribution in [3.8, 4) is 0 Å². The minimum absolute atomic E-state index is 0.0434. The van der Waals surface area contributed by atoms with Crippen LogP contribution < -0.4 is 0 Å². The number of hydrogen-bond donors (Lipinski definition) is 0. The van der Waals surface area contributed by atoms with Crippen LogP contribution in [0.1, 0.15) is 47.5 Å². The van der Waals surface area contributed by atoms with E-state index >= 15 is 0 Å². The van der Waals surface area contributed by atoms with Crippen molar-refractivity contribution < 1.29 is 28.2 Å². The molecule has 0 amide bonds. The molecular formula is C21H34O6Si. The van der Waals surface area contributed by atoms with Crippen molar-refractivity contribution in [2.75, 3.05) is 6.61 Å². The van der Waals surface area contributed by atoms with Crippen LogP contribution in [0.5, 0.6) is 0 Å². The molecule has 4 aliphatic rings. The predicted molar refractivity (Wildman–Crippen MR) is 105 cm³/mol. The second-order valence-corrected chi connectivity index (χ2v) is 16.0. The third kappa shape index (κ3) is 3.14. The number of esters is 2. The molecule has 0 N–H and O–H groups in total. The first kappa shape index (κ1) is 20.4. The number of hydrogen-bond acceptors (Lipinski definition) is 6. The van der Waals surface area contributed by atoms with E-state index in [2.05, 4.69) is 47.7 Å². The number of carbonyl (C=O) groups excluding carboxylic acids is 2. The Morgan fingerprint density at radius 2 is 1.86 bits per heavy atom. The van der Waals surface area contributed by atoms with Crippen LogP contribution in [0.2, 0.25) is 18.1 Å². The van der Waals surface area contributed by atoms with Gasteiger partial charge in [-0.25, -0.2) is 0 Å². The molecule has 0 aromatic carbocycles. The highest BCUT2D eigenvalue weighted by molar-refractivity contribution is 6.74. The molecule has 6 nitrogen and oxygen atoms in total. The van der Waals surface area contributed by atoms with Gasteiger partial charge in [-0.05, 0) is 23.5 Å². The highest BCUT2D eigenvalue weighted by atomic mass is 28.4. The molecule has 7 atom stereocenters. The third-order valence-electron chi connectivity index (χ3n) is 8.10. The molecule has 2 saturated heterocycles. The van der Waals surface area contributed by atoms with Gasteiger partial charge < -0.3 is 18.6 Å². The zero-order valence-corrected chi connectivity index (χ0v) is 19.1. The van der Waals surface area contributed by atoms with Gasteiger partial charge in [0.1, 0.15) is 6.10 Å². The summed E-state index contributed by atoms with van der Waals surface area (Å²) in [5.41, 5.74) is -0.0475. The second kappa shape index (κ2) is 6.29. The molecule has 4 rings (SSSR count). The van der Waals surface area contributed by atoms with Crippen LogP contribution in [0.4, 0.5) is 0 Å². The van der Waals surface area contributed by atoms with Gasteiger partial charge in [-0.15, -0.1) is 0 Å². The van der Waals surface area contributed by atoms with Gasteiger partial charge in [0.25, 0.3) is 0 Å². The van der Waals surface area contributed by atoms with Crippen molar-refractivity contribution in [1.82, 2.24) is 0 Å². The summed E-state index contributed by atoms with van der Waals surface area (Å²) >= 11 is 0. The second-order valence-electron chi connectivity index (χ2n) is 11.2. The zero-order valence-electron chi connectivity index (χ0n) is 18.1. The summed E-state index contributed by atoms with van der Waals surface area (Å²) in [6.45, 7) is 15.9. The lowest BCUT2D eigenvalue weighted by Crippen LogP contribution is -2.44. The average Bonchev–Trinajstić information content (AvgIpc) is 2.83. The van der Waals surface area contributed by atoms with E-state index in [0.717, 1.165) is 0 Å². The zero-order chi connectivity index (χ0) is 20.6. The first-order valence-electron chi connectivity index (χ1n) is 10.5. The molecule has 28 heavy (non-hydrogen) atoms. The van der Waals surface area contributed by atoms with Crippen LogP contribution in [0.15, 0.2) is 0 Å². The van der Waals surface area contributed by atoms with Gasteiger partial charge in [0, 0.05) is 30.8 Å². The maximum atomic E-state index is 12.1. The normalized spacial score (nSPS) is 41.5. The SMILES string of the molecule is CC1(C)[C@H]2[C@H](O[C@@H]3C[C@@H]4OC(=O)C[C@@H]4[C@H]3CO[Si](C)(C)C(C)(C)C)OC(=O)[C@H]21. The molecule has 0 radical (unpaired) electrons. The standard InChI is InChI=1S/C21H34O6Si/c1-20(2,3)28(6,7)24-10-12-11-8-15(22)25-13(11)9-14(12)26-19-17-16(18(23)27-19)21(17,4)5/h11-14,16-17,19H,8-10H2,1-7H3/t11-,12-,13+,14-,16+,17-,19-/m1/s1. The molecule has 2 heterocycles. The van der Waals surface area contributed by atoms with Gasteiger partial charge in [-0.1, -0.05) is 34.6 Å². The minimum atomic E-state index is -1.91. The van der Waals surface area contributed by atoms with Crippen LogP contribution in [0.3, 0.4) is 0 Å². The molecule has 4 fully saturated rings. The van der Waals surface area contributed by atoms with E-state index in [0.29, 0.717) is 19.4 Å². The summed E-state index contributed by atoms with van der Waals surface area (Å²) in [6, 6.07) is 0. The van der Waals surface area contributed by atoms with Gasteiger partial charge in [0.05, 0.1) is 18.4 Å². The van der Waals surface area contributed by atoms with Crippen LogP contribution in [0.25, 0.3) is 0 Å². The van der Waals surface area contributed by atoms with Crippen molar-refractivity contribution in [2.45, 2.75) is 84.1 Å². The van der Waals surface area contributed by atoms with E-state index in [4.69, 9.17) is 18.6 Å². The van der Waals surface area contributed by atoms with E-state index in [9.17, 15) is 9.59 Å². The first-order chi connectivity index (χ1) is 12.8. The lowest BCUT2D eigenvalue weighted by molar-refractivity contribution is -0.193. The quantitative estimate of drug-likeness (QED) is 0.510. The molecule has 7 heteroatoms. The number of cyclic esters (lactones) is 1. The Balaban J connectivity index is 1.47. The van der Waals surface area contributed by atoms with Crippen molar-refractivity contribution in [3.05, 3.63) is 0 Å². The Bertz CT molecular complexity index is 681. The number of rotatable bonds is 5. The fourth-order valence-electron chi connectivity index (χ4n) is 5.05. The maximum absolute atomic E-state index is 12.1. The van der Waals surface area contributed by atoms with Gasteiger partial charge >= 0.3 is 11.9 Å². The molecule has 0 unspecified atom stereocenters. The van der Waals surface area contributed by atoms with Crippen LogP contribution in [-0.4, -0.2) is 45.4 Å². The van der Waals surface area contributed by atoms with Gasteiger partial charge in [-0.2, -0.15) is 0 Å². The van der Waals surface area contributed by atoms with Crippen molar-refractivity contribution >= 4 is 20.3 Å². The Labute approximate surface area is 168 Å².